The molecule has 3 nitrogen and oxygen atoms in total. The number of ether oxygens (including phenoxy) is 1. The van der Waals surface area contributed by atoms with E-state index in [1.807, 2.05) is 29.2 Å². The van der Waals surface area contributed by atoms with Gasteiger partial charge in [-0.15, -0.1) is 0 Å². The molecule has 0 unspecified atom stereocenters. The second-order valence-electron chi connectivity index (χ2n) is 6.70. The van der Waals surface area contributed by atoms with Gasteiger partial charge < -0.3 is 9.64 Å². The Morgan fingerprint density at radius 1 is 1.05 bits per heavy atom. The predicted molar refractivity (Wildman–Crippen MR) is 88.3 cm³/mol. The Bertz CT molecular complexity index is 488. The van der Waals surface area contributed by atoms with E-state index in [-0.39, 0.29) is 5.91 Å². The average Bonchev–Trinajstić information content (AvgIpc) is 2.61. The molecule has 0 N–H and O–H groups in total. The van der Waals surface area contributed by atoms with Crippen LogP contribution >= 0.6 is 0 Å². The van der Waals surface area contributed by atoms with Gasteiger partial charge in [0, 0.05) is 18.7 Å². The van der Waals surface area contributed by atoms with Crippen molar-refractivity contribution in [2.75, 3.05) is 19.7 Å². The van der Waals surface area contributed by atoms with Crippen LogP contribution in [0.4, 0.5) is 0 Å². The summed E-state index contributed by atoms with van der Waals surface area (Å²) in [4.78, 5) is 14.5. The van der Waals surface area contributed by atoms with Crippen molar-refractivity contribution in [3.63, 3.8) is 0 Å². The van der Waals surface area contributed by atoms with Crippen molar-refractivity contribution in [3.05, 3.63) is 29.8 Å². The van der Waals surface area contributed by atoms with Crippen LogP contribution in [0.15, 0.2) is 24.3 Å². The number of carbonyl (C=O) groups is 1. The topological polar surface area (TPSA) is 29.5 Å². The minimum Gasteiger partial charge on any atom is -0.493 e. The van der Waals surface area contributed by atoms with Gasteiger partial charge in [-0.1, -0.05) is 25.3 Å². The van der Waals surface area contributed by atoms with Gasteiger partial charge in [0.1, 0.15) is 5.75 Å². The zero-order valence-corrected chi connectivity index (χ0v) is 13.4. The molecule has 1 saturated carbocycles. The second kappa shape index (κ2) is 7.66. The highest BCUT2D eigenvalue weighted by molar-refractivity contribution is 5.94. The van der Waals surface area contributed by atoms with Crippen molar-refractivity contribution < 1.29 is 9.53 Å². The first kappa shape index (κ1) is 15.4. The lowest BCUT2D eigenvalue weighted by molar-refractivity contribution is 0.0723. The average molecular weight is 301 g/mol. The summed E-state index contributed by atoms with van der Waals surface area (Å²) in [7, 11) is 0. The molecule has 0 bridgehead atoms. The highest BCUT2D eigenvalue weighted by Gasteiger charge is 2.19. The molecule has 0 atom stereocenters. The zero-order chi connectivity index (χ0) is 15.2. The van der Waals surface area contributed by atoms with Gasteiger partial charge in [-0.05, 0) is 56.2 Å². The van der Waals surface area contributed by atoms with Gasteiger partial charge in [-0.25, -0.2) is 0 Å². The van der Waals surface area contributed by atoms with Crippen LogP contribution in [0.2, 0.25) is 0 Å². The minimum atomic E-state index is 0.155. The number of amides is 1. The molecule has 1 aliphatic heterocycles. The number of benzene rings is 1. The second-order valence-corrected chi connectivity index (χ2v) is 6.70. The normalized spacial score (nSPS) is 19.9. The highest BCUT2D eigenvalue weighted by atomic mass is 16.5. The Kier molecular flexibility index (Phi) is 5.36. The van der Waals surface area contributed by atoms with Crippen LogP contribution < -0.4 is 4.74 Å². The van der Waals surface area contributed by atoms with E-state index in [9.17, 15) is 4.79 Å². The van der Waals surface area contributed by atoms with Gasteiger partial charge in [0.25, 0.3) is 5.91 Å². The summed E-state index contributed by atoms with van der Waals surface area (Å²) in [5.74, 6) is 1.69. The van der Waals surface area contributed by atoms with Gasteiger partial charge >= 0.3 is 0 Å². The standard InChI is InChI=1S/C19H27NO2/c21-19(20-12-5-2-6-13-20)17-10-7-11-18(14-17)22-15-16-8-3-1-4-9-16/h7,10-11,14,16H,1-6,8-9,12-13,15H2. The largest absolute Gasteiger partial charge is 0.493 e. The summed E-state index contributed by atoms with van der Waals surface area (Å²) >= 11 is 0. The van der Waals surface area contributed by atoms with Gasteiger partial charge in [0.2, 0.25) is 0 Å². The van der Waals surface area contributed by atoms with Crippen molar-refractivity contribution in [1.29, 1.82) is 0 Å². The van der Waals surface area contributed by atoms with E-state index < -0.39 is 0 Å². The van der Waals surface area contributed by atoms with Gasteiger partial charge in [0.05, 0.1) is 6.61 Å². The molecule has 1 heterocycles. The van der Waals surface area contributed by atoms with Gasteiger partial charge in [-0.2, -0.15) is 0 Å². The Morgan fingerprint density at radius 2 is 1.77 bits per heavy atom. The number of carbonyl (C=O) groups excluding carboxylic acids is 1. The first-order valence-electron chi connectivity index (χ1n) is 8.85. The van der Waals surface area contributed by atoms with Crippen LogP contribution in [0.5, 0.6) is 5.75 Å². The van der Waals surface area contributed by atoms with Crippen molar-refractivity contribution in [2.45, 2.75) is 51.4 Å². The van der Waals surface area contributed by atoms with E-state index in [1.54, 1.807) is 0 Å². The maximum Gasteiger partial charge on any atom is 0.253 e. The molecule has 22 heavy (non-hydrogen) atoms. The summed E-state index contributed by atoms with van der Waals surface area (Å²) in [6, 6.07) is 7.73. The van der Waals surface area contributed by atoms with Crippen LogP contribution in [0.1, 0.15) is 61.7 Å². The molecule has 1 aromatic carbocycles. The maximum absolute atomic E-state index is 12.5. The minimum absolute atomic E-state index is 0.155. The van der Waals surface area contributed by atoms with Crippen molar-refractivity contribution in [3.8, 4) is 5.75 Å². The summed E-state index contributed by atoms with van der Waals surface area (Å²) in [5.41, 5.74) is 0.767. The third-order valence-corrected chi connectivity index (χ3v) is 4.93. The number of hydrogen-bond acceptors (Lipinski definition) is 2. The molecule has 0 radical (unpaired) electrons. The summed E-state index contributed by atoms with van der Waals surface area (Å²) in [6.45, 7) is 2.58. The molecule has 0 aromatic heterocycles. The molecule has 120 valence electrons. The first-order valence-corrected chi connectivity index (χ1v) is 8.85. The van der Waals surface area contributed by atoms with Crippen molar-refractivity contribution >= 4 is 5.91 Å². The Labute approximate surface area is 133 Å². The first-order chi connectivity index (χ1) is 10.8. The third-order valence-electron chi connectivity index (χ3n) is 4.93. The van der Waals surface area contributed by atoms with Crippen LogP contribution in [-0.4, -0.2) is 30.5 Å². The summed E-state index contributed by atoms with van der Waals surface area (Å²) in [5, 5.41) is 0. The quantitative estimate of drug-likeness (QED) is 0.831. The molecule has 1 aromatic rings. The lowest BCUT2D eigenvalue weighted by atomic mass is 9.90. The van der Waals surface area contributed by atoms with E-state index in [0.29, 0.717) is 5.92 Å². The fourth-order valence-electron chi connectivity index (χ4n) is 3.57. The van der Waals surface area contributed by atoms with E-state index >= 15 is 0 Å². The maximum atomic E-state index is 12.5. The smallest absolute Gasteiger partial charge is 0.253 e. The third kappa shape index (κ3) is 4.02. The lowest BCUT2D eigenvalue weighted by Gasteiger charge is -2.27. The summed E-state index contributed by atoms with van der Waals surface area (Å²) in [6.07, 6.45) is 10.1. The monoisotopic (exact) mass is 301 g/mol. The molecule has 3 heteroatoms. The van der Waals surface area contributed by atoms with Crippen LogP contribution in [0, 0.1) is 5.92 Å². The predicted octanol–water partition coefficient (Wildman–Crippen LogP) is 4.27. The SMILES string of the molecule is O=C(c1cccc(OCC2CCCCC2)c1)N1CCCCC1. The van der Waals surface area contributed by atoms with E-state index in [2.05, 4.69) is 0 Å². The fraction of sp³-hybridized carbons (Fsp3) is 0.632. The molecule has 2 fully saturated rings. The lowest BCUT2D eigenvalue weighted by Crippen LogP contribution is -2.35. The molecular weight excluding hydrogens is 274 g/mol. The molecule has 1 saturated heterocycles. The van der Waals surface area contributed by atoms with E-state index in [0.717, 1.165) is 43.9 Å². The molecule has 2 aliphatic rings. The molecule has 0 spiro atoms. The highest BCUT2D eigenvalue weighted by Crippen LogP contribution is 2.25. The number of nitrogens with zero attached hydrogens (tertiary/aromatic N) is 1. The van der Waals surface area contributed by atoms with E-state index in [4.69, 9.17) is 4.74 Å². The Balaban J connectivity index is 1.58. The van der Waals surface area contributed by atoms with Gasteiger partial charge in [0.15, 0.2) is 0 Å². The van der Waals surface area contributed by atoms with Crippen molar-refractivity contribution in [1.82, 2.24) is 4.90 Å². The molecular formula is C19H27NO2. The number of piperidine rings is 1. The zero-order valence-electron chi connectivity index (χ0n) is 13.4. The van der Waals surface area contributed by atoms with Gasteiger partial charge in [-0.3, -0.25) is 4.79 Å². The number of hydrogen-bond donors (Lipinski definition) is 0. The molecule has 1 amide bonds. The number of likely N-dealkylation sites (tertiary alicyclic amines) is 1. The van der Waals surface area contributed by atoms with E-state index in [1.165, 1.54) is 38.5 Å². The van der Waals surface area contributed by atoms with Crippen LogP contribution in [-0.2, 0) is 0 Å². The molecule has 3 rings (SSSR count). The van der Waals surface area contributed by atoms with Crippen molar-refractivity contribution in [2.24, 2.45) is 5.92 Å². The molecule has 1 aliphatic carbocycles. The van der Waals surface area contributed by atoms with Crippen LogP contribution in [0.25, 0.3) is 0 Å². The number of rotatable bonds is 4. The summed E-state index contributed by atoms with van der Waals surface area (Å²) < 4.78 is 5.95. The Hall–Kier alpha value is -1.51. The Morgan fingerprint density at radius 3 is 2.55 bits per heavy atom. The van der Waals surface area contributed by atoms with Crippen LogP contribution in [0.3, 0.4) is 0 Å². The fourth-order valence-corrected chi connectivity index (χ4v) is 3.57.